The molecule has 0 aliphatic carbocycles. The molecule has 7 unspecified atom stereocenters. The van der Waals surface area contributed by atoms with Gasteiger partial charge in [0.2, 0.25) is 0 Å². The number of aromatic hydroxyl groups is 1. The number of aromatic nitrogens is 2. The van der Waals surface area contributed by atoms with Gasteiger partial charge in [-0.25, -0.2) is 0 Å². The number of guanidine groups is 1. The Labute approximate surface area is 501 Å². The van der Waals surface area contributed by atoms with Gasteiger partial charge in [0.1, 0.15) is 48.0 Å². The fourth-order valence-electron chi connectivity index (χ4n) is 6.85. The van der Waals surface area contributed by atoms with Gasteiger partial charge in [0.05, 0.1) is 0 Å². The maximum atomic E-state index is 10.6. The van der Waals surface area contributed by atoms with E-state index in [4.69, 9.17) is 97.9 Å². The van der Waals surface area contributed by atoms with Crippen molar-refractivity contribution in [1.29, 1.82) is 5.41 Å². The van der Waals surface area contributed by atoms with Crippen LogP contribution in [0.5, 0.6) is 5.75 Å². The van der Waals surface area contributed by atoms with E-state index in [0.717, 1.165) is 62.7 Å². The van der Waals surface area contributed by atoms with Crippen LogP contribution in [0.25, 0.3) is 21.8 Å². The first-order valence-corrected chi connectivity index (χ1v) is 28.0. The lowest BCUT2D eigenvalue weighted by molar-refractivity contribution is -0.139. The number of carboxylic acids is 7. The molecule has 2 heterocycles. The Bertz CT molecular complexity index is 2860. The van der Waals surface area contributed by atoms with Gasteiger partial charge < -0.3 is 108 Å². The normalized spacial score (nSPS) is 12.7. The van der Waals surface area contributed by atoms with Crippen molar-refractivity contribution in [1.82, 2.24) is 15.3 Å². The average molecular weight is 1220 g/mol. The number of unbranched alkanes of at least 4 members (excludes halogenated alkanes) is 1. The summed E-state index contributed by atoms with van der Waals surface area (Å²) in [6.45, 7) is 1.09. The summed E-state index contributed by atoms with van der Waals surface area (Å²) < 4.78 is 0. The number of nitrogens with one attached hydrogen (secondary N) is 4. The van der Waals surface area contributed by atoms with E-state index >= 15 is 0 Å². The van der Waals surface area contributed by atoms with Crippen molar-refractivity contribution in [2.24, 2.45) is 51.6 Å². The van der Waals surface area contributed by atoms with E-state index in [-0.39, 0.29) is 18.1 Å². The third-order valence-corrected chi connectivity index (χ3v) is 12.4. The number of benzene rings is 4. The van der Waals surface area contributed by atoms with E-state index in [1.807, 2.05) is 97.5 Å². The number of hydrogen-bond acceptors (Lipinski definition) is 18. The van der Waals surface area contributed by atoms with Crippen molar-refractivity contribution in [3.8, 4) is 5.75 Å². The number of hydrogen-bond donors (Lipinski definition) is 21. The predicted molar refractivity (Wildman–Crippen MR) is 330 cm³/mol. The molecule has 0 saturated carbocycles. The van der Waals surface area contributed by atoms with Crippen LogP contribution in [0.15, 0.2) is 116 Å². The zero-order chi connectivity index (χ0) is 65.3. The molecule has 0 radical (unpaired) electrons. The van der Waals surface area contributed by atoms with Crippen molar-refractivity contribution in [2.75, 3.05) is 25.1 Å². The molecule has 0 aliphatic rings. The highest BCUT2D eigenvalue weighted by atomic mass is 32.2. The average Bonchev–Trinajstić information content (AvgIpc) is 2.59. The monoisotopic (exact) mass is 1220 g/mol. The molecular formula is C57H85N13O15S. The number of phenolic OH excluding ortho intramolecular Hbond substituents is 1. The standard InChI is InChI=1S/2C11H12N2O2.C9H11NO3.C9H11NO2.C6H14N4O2.C6H14N2O2.C5H11NO2S/c2*12-9(11(14)15)5-7-6-13-10-4-2-1-3-8(7)10;10-8(9(12)13)5-6-1-3-7(11)4-2-6;10-8(9(11)12)6-7-4-2-1-3-5-7;7-4(5(11)12)2-1-3-10-6(8)9;7-4-2-1-3-5(8)6(9)10;1-9-3-2-4(6)5(7)8/h2*1-4,6,9,13H,5,12H2,(H,14,15);1-4,8,11H,5,10H2,(H,12,13);1-5,8H,6,10H2,(H,11,12);4H,1-3,7H2,(H,11,12)(H4,8,9,10);5H,1-4,7-8H2,(H,9,10);4H,2-3,6H2,1H3,(H,7,8). The van der Waals surface area contributed by atoms with Gasteiger partial charge in [-0.3, -0.25) is 39.0 Å². The molecule has 7 atom stereocenters. The summed E-state index contributed by atoms with van der Waals surface area (Å²) in [5, 5.41) is 79.8. The molecule has 6 aromatic rings. The summed E-state index contributed by atoms with van der Waals surface area (Å²) in [5.41, 5.74) is 53.1. The van der Waals surface area contributed by atoms with Crippen LogP contribution >= 0.6 is 11.8 Å². The fraction of sp³-hybridized carbons (Fsp3) is 0.368. The number of carboxylic acid groups (broad SMARTS) is 7. The number of fused-ring (bicyclic) bond motifs is 2. The topological polar surface area (TPSA) is 583 Å². The lowest BCUT2D eigenvalue weighted by Gasteiger charge is -2.06. The van der Waals surface area contributed by atoms with Crippen molar-refractivity contribution >= 4 is 81.3 Å². The summed E-state index contributed by atoms with van der Waals surface area (Å²) in [4.78, 5) is 78.6. The first kappa shape index (κ1) is 77.4. The van der Waals surface area contributed by atoms with Gasteiger partial charge in [0.15, 0.2) is 5.96 Å². The Morgan fingerprint density at radius 2 is 0.826 bits per heavy atom. The highest BCUT2D eigenvalue weighted by Gasteiger charge is 2.17. The molecule has 0 fully saturated rings. The van der Waals surface area contributed by atoms with E-state index in [1.54, 1.807) is 23.9 Å². The van der Waals surface area contributed by atoms with E-state index in [2.05, 4.69) is 15.3 Å². The molecule has 86 heavy (non-hydrogen) atoms. The van der Waals surface area contributed by atoms with Crippen LogP contribution in [0.3, 0.4) is 0 Å². The van der Waals surface area contributed by atoms with Gasteiger partial charge in [-0.15, -0.1) is 0 Å². The molecule has 0 bridgehead atoms. The first-order chi connectivity index (χ1) is 40.6. The van der Waals surface area contributed by atoms with Crippen LogP contribution in [0.1, 0.15) is 60.8 Å². The zero-order valence-corrected chi connectivity index (χ0v) is 48.6. The molecule has 30 N–H and O–H groups in total. The molecule has 6 rings (SSSR count). The van der Waals surface area contributed by atoms with Gasteiger partial charge >= 0.3 is 41.8 Å². The third-order valence-electron chi connectivity index (χ3n) is 11.7. The van der Waals surface area contributed by atoms with Gasteiger partial charge in [0, 0.05) is 53.6 Å². The van der Waals surface area contributed by atoms with E-state index < -0.39 is 84.1 Å². The van der Waals surface area contributed by atoms with Gasteiger partial charge in [-0.2, -0.15) is 11.8 Å². The SMILES string of the molecule is CSCCC(N)C(=O)O.N=C(N)NCCCC(N)C(=O)O.NC(Cc1c[nH]c2ccccc12)C(=O)O.NC(Cc1c[nH]c2ccccc12)C(=O)O.NC(Cc1ccc(O)cc1)C(=O)O.NC(Cc1ccccc1)C(=O)O.NCCCCC(N)C(=O)O. The molecule has 474 valence electrons. The number of rotatable bonds is 26. The quantitative estimate of drug-likeness (QED) is 0.0208. The van der Waals surface area contributed by atoms with Crippen LogP contribution in [-0.2, 0) is 59.2 Å². The summed E-state index contributed by atoms with van der Waals surface area (Å²) in [6, 6.07) is 25.6. The van der Waals surface area contributed by atoms with Crippen LogP contribution < -0.4 is 56.9 Å². The lowest BCUT2D eigenvalue weighted by Crippen LogP contribution is -2.34. The minimum atomic E-state index is -1.02. The second-order valence-corrected chi connectivity index (χ2v) is 19.8. The minimum Gasteiger partial charge on any atom is -0.508 e. The van der Waals surface area contributed by atoms with Crippen LogP contribution in [0.4, 0.5) is 0 Å². The van der Waals surface area contributed by atoms with Crippen LogP contribution in [0, 0.1) is 5.41 Å². The third kappa shape index (κ3) is 34.8. The number of phenols is 1. The number of aliphatic carboxylic acids is 7. The van der Waals surface area contributed by atoms with Crippen molar-refractivity contribution in [3.63, 3.8) is 0 Å². The molecule has 4 aromatic carbocycles. The second kappa shape index (κ2) is 43.9. The van der Waals surface area contributed by atoms with Crippen molar-refractivity contribution < 1.29 is 74.4 Å². The zero-order valence-electron chi connectivity index (χ0n) is 47.7. The smallest absolute Gasteiger partial charge is 0.320 e. The van der Waals surface area contributed by atoms with Crippen molar-refractivity contribution in [2.45, 2.75) is 107 Å². The lowest BCUT2D eigenvalue weighted by atomic mass is 10.1. The van der Waals surface area contributed by atoms with Crippen LogP contribution in [0.2, 0.25) is 0 Å². The Morgan fingerprint density at radius 1 is 0.477 bits per heavy atom. The molecule has 28 nitrogen and oxygen atoms in total. The predicted octanol–water partition coefficient (Wildman–Crippen LogP) is 1.57. The van der Waals surface area contributed by atoms with E-state index in [1.165, 1.54) is 12.1 Å². The number of thioether (sulfide) groups is 1. The molecule has 2 aromatic heterocycles. The first-order valence-electron chi connectivity index (χ1n) is 26.6. The minimum absolute atomic E-state index is 0.112. The summed E-state index contributed by atoms with van der Waals surface area (Å²) in [6.07, 6.45) is 10.6. The Morgan fingerprint density at radius 3 is 1.20 bits per heavy atom. The van der Waals surface area contributed by atoms with Crippen molar-refractivity contribution in [3.05, 3.63) is 138 Å². The second-order valence-electron chi connectivity index (χ2n) is 18.8. The number of nitrogens with two attached hydrogens (primary N) is 9. The summed E-state index contributed by atoms with van der Waals surface area (Å²) in [5.74, 6) is -5.91. The van der Waals surface area contributed by atoms with Gasteiger partial charge in [-0.1, -0.05) is 85.3 Å². The number of para-hydroxylation sites is 2. The van der Waals surface area contributed by atoms with E-state index in [0.29, 0.717) is 58.0 Å². The molecule has 0 aliphatic heterocycles. The molecular weight excluding hydrogens is 1140 g/mol. The highest BCUT2D eigenvalue weighted by Crippen LogP contribution is 2.20. The number of carbonyl (C=O) groups is 7. The maximum Gasteiger partial charge on any atom is 0.320 e. The summed E-state index contributed by atoms with van der Waals surface area (Å²) >= 11 is 1.60. The Hall–Kier alpha value is -8.65. The molecule has 0 spiro atoms. The fourth-order valence-corrected chi connectivity index (χ4v) is 7.34. The largest absolute Gasteiger partial charge is 0.508 e. The molecule has 0 saturated heterocycles. The molecule has 0 amide bonds. The number of H-pyrrole nitrogens is 2. The van der Waals surface area contributed by atoms with E-state index in [9.17, 15) is 33.6 Å². The van der Waals surface area contributed by atoms with Gasteiger partial charge in [-0.05, 0) is 110 Å². The van der Waals surface area contributed by atoms with Gasteiger partial charge in [0.25, 0.3) is 0 Å². The van der Waals surface area contributed by atoms with Crippen LogP contribution in [-0.4, -0.2) is 166 Å². The number of aromatic amines is 2. The highest BCUT2D eigenvalue weighted by molar-refractivity contribution is 7.98. The molecule has 29 heteroatoms. The summed E-state index contributed by atoms with van der Waals surface area (Å²) in [7, 11) is 0. The Balaban J connectivity index is 0.000000988. The Kier molecular flexibility index (Phi) is 39.5. The maximum absolute atomic E-state index is 10.6.